The zero-order chi connectivity index (χ0) is 34.4. The predicted octanol–water partition coefficient (Wildman–Crippen LogP) is 7.32. The number of amides is 1. The summed E-state index contributed by atoms with van der Waals surface area (Å²) in [5, 5.41) is 16.4. The number of amidine groups is 1. The van der Waals surface area contributed by atoms with Crippen LogP contribution in [0.2, 0.25) is 0 Å². The lowest BCUT2D eigenvalue weighted by Gasteiger charge is -2.17. The van der Waals surface area contributed by atoms with E-state index in [4.69, 9.17) is 4.74 Å². The number of nitrogens with zero attached hydrogens (tertiary/aromatic N) is 5. The van der Waals surface area contributed by atoms with Crippen molar-refractivity contribution in [1.82, 2.24) is 25.6 Å². The first-order chi connectivity index (χ1) is 22.0. The van der Waals surface area contributed by atoms with Crippen LogP contribution in [0.15, 0.2) is 41.4 Å². The highest BCUT2D eigenvalue weighted by atomic mass is 32.2. The second-order valence-corrected chi connectivity index (χ2v) is 12.1. The maximum Gasteiger partial charge on any atom is 0.280 e. The number of hydrogen-bond donors (Lipinski definition) is 2. The number of allylic oxidation sites excluding steroid dienone is 2. The first kappa shape index (κ1) is 38.0. The fourth-order valence-corrected chi connectivity index (χ4v) is 4.38. The van der Waals surface area contributed by atoms with Crippen molar-refractivity contribution in [3.63, 3.8) is 0 Å². The maximum absolute atomic E-state index is 13.6. The number of rotatable bonds is 8. The van der Waals surface area contributed by atoms with Crippen molar-refractivity contribution in [3.05, 3.63) is 53.3 Å². The summed E-state index contributed by atoms with van der Waals surface area (Å²) in [6.45, 7) is 12.5. The van der Waals surface area contributed by atoms with E-state index in [2.05, 4.69) is 64.5 Å². The van der Waals surface area contributed by atoms with E-state index in [1.807, 2.05) is 20.8 Å². The lowest BCUT2D eigenvalue weighted by molar-refractivity contribution is 0.0978. The highest BCUT2D eigenvalue weighted by Crippen LogP contribution is 2.36. The molecule has 1 amide bonds. The number of halogens is 2. The van der Waals surface area contributed by atoms with Crippen LogP contribution in [0.3, 0.4) is 0 Å². The van der Waals surface area contributed by atoms with E-state index < -0.39 is 18.0 Å². The Kier molecular flexibility index (Phi) is 15.5. The Bertz CT molecular complexity index is 1490. The van der Waals surface area contributed by atoms with E-state index in [9.17, 15) is 18.8 Å². The molecule has 4 rings (SSSR count). The average Bonchev–Trinajstić information content (AvgIpc) is 3.79. The third-order valence-corrected chi connectivity index (χ3v) is 7.68. The maximum atomic E-state index is 13.6. The number of carbonyl (C=O) groups is 1. The lowest BCUT2D eigenvalue weighted by Crippen LogP contribution is -2.28. The van der Waals surface area contributed by atoms with Gasteiger partial charge in [-0.1, -0.05) is 59.8 Å². The topological polar surface area (TPSA) is 116 Å². The number of hydrogen-bond acceptors (Lipinski definition) is 9. The molecule has 248 valence electrons. The second-order valence-electron chi connectivity index (χ2n) is 11.0. The Morgan fingerprint density at radius 1 is 1.15 bits per heavy atom. The first-order valence-corrected chi connectivity index (χ1v) is 16.3. The summed E-state index contributed by atoms with van der Waals surface area (Å²) in [4.78, 5) is 23.3. The van der Waals surface area contributed by atoms with Crippen molar-refractivity contribution in [2.45, 2.75) is 78.5 Å². The third kappa shape index (κ3) is 11.3. The van der Waals surface area contributed by atoms with Crippen molar-refractivity contribution < 1.29 is 18.3 Å². The minimum Gasteiger partial charge on any atom is -0.494 e. The molecule has 2 N–H and O–H groups in total. The van der Waals surface area contributed by atoms with E-state index in [0.29, 0.717) is 28.0 Å². The van der Waals surface area contributed by atoms with E-state index in [1.165, 1.54) is 43.8 Å². The summed E-state index contributed by atoms with van der Waals surface area (Å²) in [7, 11) is 4.90. The van der Waals surface area contributed by atoms with Gasteiger partial charge in [0, 0.05) is 48.9 Å². The minimum absolute atomic E-state index is 0.128. The molecule has 2 aromatic heterocycles. The molecule has 9 nitrogen and oxygen atoms in total. The first-order valence-electron chi connectivity index (χ1n) is 15.4. The van der Waals surface area contributed by atoms with Crippen LogP contribution in [-0.2, 0) is 0 Å². The van der Waals surface area contributed by atoms with Gasteiger partial charge < -0.3 is 9.64 Å². The molecule has 0 aromatic carbocycles. The Labute approximate surface area is 276 Å². The standard InChI is InChI=1S/C27H27F2N7O2S.C5H12.C2H6/c1-15(9-17(12-30)36(2)3)21-10-18(19-11-22(25(28)29)32-14-23(19)38-4)20(13-31-21)26(37)33-27-35-34-24(39-27)8-7-16-5-6-16;1-4-5(2)3;1-2/h9-11,13-16,24-25,34H,5-6H2,1-4H3,(H,33,35,37);5H,4H2,1-3H3;1-2H3/b17-9-;;. The van der Waals surface area contributed by atoms with Crippen LogP contribution < -0.4 is 15.5 Å². The van der Waals surface area contributed by atoms with Gasteiger partial charge in [0.2, 0.25) is 0 Å². The number of nitriles is 1. The molecule has 0 saturated heterocycles. The highest BCUT2D eigenvalue weighted by Gasteiger charge is 2.25. The van der Waals surface area contributed by atoms with Crippen LogP contribution in [0.25, 0.3) is 11.1 Å². The summed E-state index contributed by atoms with van der Waals surface area (Å²) in [6.07, 6.45) is 5.01. The Morgan fingerprint density at radius 3 is 2.33 bits per heavy atom. The van der Waals surface area contributed by atoms with Crippen LogP contribution in [-0.4, -0.2) is 52.5 Å². The van der Waals surface area contributed by atoms with Crippen LogP contribution in [0.4, 0.5) is 8.78 Å². The normalized spacial score (nSPS) is 15.9. The van der Waals surface area contributed by atoms with Crippen LogP contribution in [0.1, 0.15) is 94.9 Å². The molecule has 1 fully saturated rings. The Balaban J connectivity index is 0.000000959. The number of ether oxygens (including phenoxy) is 1. The Morgan fingerprint density at radius 2 is 1.78 bits per heavy atom. The number of pyridine rings is 2. The minimum atomic E-state index is -2.82. The number of nitrogens with one attached hydrogen (secondary N) is 2. The quantitative estimate of drug-likeness (QED) is 0.225. The van der Waals surface area contributed by atoms with Gasteiger partial charge in [0.1, 0.15) is 23.2 Å². The van der Waals surface area contributed by atoms with Crippen molar-refractivity contribution in [1.29, 1.82) is 5.26 Å². The van der Waals surface area contributed by atoms with Gasteiger partial charge in [-0.05, 0) is 48.7 Å². The fourth-order valence-electron chi connectivity index (χ4n) is 3.67. The zero-order valence-electron chi connectivity index (χ0n) is 28.1. The van der Waals surface area contributed by atoms with Crippen molar-refractivity contribution in [2.75, 3.05) is 21.2 Å². The van der Waals surface area contributed by atoms with E-state index in [1.54, 1.807) is 31.1 Å². The molecule has 2 unspecified atom stereocenters. The van der Waals surface area contributed by atoms with Crippen LogP contribution in [0, 0.1) is 35.0 Å². The molecular formula is C34H45F2N7O2S. The van der Waals surface area contributed by atoms with Gasteiger partial charge in [-0.25, -0.2) is 8.78 Å². The molecule has 12 heteroatoms. The van der Waals surface area contributed by atoms with Gasteiger partial charge in [-0.2, -0.15) is 10.4 Å². The summed E-state index contributed by atoms with van der Waals surface area (Å²) >= 11 is 1.28. The van der Waals surface area contributed by atoms with E-state index >= 15 is 0 Å². The number of alkyl halides is 2. The molecular weight excluding hydrogens is 608 g/mol. The molecule has 1 aliphatic carbocycles. The summed E-state index contributed by atoms with van der Waals surface area (Å²) in [5.74, 6) is 6.94. The van der Waals surface area contributed by atoms with Gasteiger partial charge in [-0.15, -0.1) is 0 Å². The van der Waals surface area contributed by atoms with E-state index in [-0.39, 0.29) is 28.2 Å². The number of carbonyl (C=O) groups excluding carboxylic acids is 1. The van der Waals surface area contributed by atoms with Gasteiger partial charge in [-0.3, -0.25) is 25.5 Å². The van der Waals surface area contributed by atoms with Gasteiger partial charge in [0.05, 0.1) is 18.9 Å². The largest absolute Gasteiger partial charge is 0.494 e. The monoisotopic (exact) mass is 653 g/mol. The molecule has 3 heterocycles. The zero-order valence-corrected chi connectivity index (χ0v) is 28.9. The molecule has 0 bridgehead atoms. The van der Waals surface area contributed by atoms with Crippen LogP contribution in [0.5, 0.6) is 5.75 Å². The molecule has 1 aliphatic heterocycles. The predicted molar refractivity (Wildman–Crippen MR) is 181 cm³/mol. The third-order valence-electron chi connectivity index (χ3n) is 6.81. The van der Waals surface area contributed by atoms with Crippen molar-refractivity contribution in [3.8, 4) is 34.8 Å². The van der Waals surface area contributed by atoms with Crippen molar-refractivity contribution >= 4 is 22.8 Å². The number of methoxy groups -OCH3 is 1. The number of hydrazone groups is 1. The highest BCUT2D eigenvalue weighted by molar-refractivity contribution is 8.14. The van der Waals surface area contributed by atoms with Crippen LogP contribution >= 0.6 is 11.8 Å². The van der Waals surface area contributed by atoms with Gasteiger partial charge >= 0.3 is 0 Å². The van der Waals surface area contributed by atoms with Crippen molar-refractivity contribution in [2.24, 2.45) is 16.9 Å². The molecule has 0 radical (unpaired) electrons. The molecule has 46 heavy (non-hydrogen) atoms. The second kappa shape index (κ2) is 18.7. The molecule has 2 aliphatic rings. The van der Waals surface area contributed by atoms with Gasteiger partial charge in [0.15, 0.2) is 10.5 Å². The summed E-state index contributed by atoms with van der Waals surface area (Å²) in [6, 6.07) is 4.97. The van der Waals surface area contributed by atoms with Gasteiger partial charge in [0.25, 0.3) is 12.3 Å². The SMILES string of the molecule is CC.CCC(C)C.COc1cnc(C(F)F)cc1-c1cc(C(C)/C=C(/C#N)N(C)C)ncc1C(=O)NC1=NNC(C#CC2CC2)S1. The molecule has 2 aromatic rings. The average molecular weight is 654 g/mol. The molecule has 0 spiro atoms. The number of thioether (sulfide) groups is 1. The fraction of sp³-hybridized carbons (Fsp3) is 0.500. The molecule has 2 atom stereocenters. The van der Waals surface area contributed by atoms with E-state index in [0.717, 1.165) is 18.8 Å². The lowest BCUT2D eigenvalue weighted by atomic mass is 9.96. The smallest absolute Gasteiger partial charge is 0.280 e. The molecule has 1 saturated carbocycles. The number of aromatic nitrogens is 2. The summed E-state index contributed by atoms with van der Waals surface area (Å²) in [5.41, 5.74) is 4.09. The Hall–Kier alpha value is -4.16. The summed E-state index contributed by atoms with van der Waals surface area (Å²) < 4.78 is 32.6.